The topological polar surface area (TPSA) is 104 Å². The van der Waals surface area contributed by atoms with Gasteiger partial charge in [-0.3, -0.25) is 4.79 Å². The molecule has 0 saturated carbocycles. The zero-order chi connectivity index (χ0) is 15.5. The van der Waals surface area contributed by atoms with E-state index in [2.05, 4.69) is 4.72 Å². The van der Waals surface area contributed by atoms with E-state index in [-0.39, 0.29) is 15.7 Å². The Morgan fingerprint density at radius 1 is 1.50 bits per heavy atom. The molecular formula is C11H16N2O5S2. The number of amides is 1. The highest BCUT2D eigenvalue weighted by Gasteiger charge is 2.25. The Morgan fingerprint density at radius 2 is 2.10 bits per heavy atom. The minimum Gasteiger partial charge on any atom is -0.478 e. The standard InChI is InChI=1S/C11H16N2O5S2/c1-4-13(3)10(14)7(2)12-20(17,18)9-5-8(6-19-9)11(15)16/h5-7,12H,4H2,1-3H3,(H,15,16). The summed E-state index contributed by atoms with van der Waals surface area (Å²) in [5, 5.41) is 10.0. The molecule has 0 saturated heterocycles. The number of rotatable bonds is 6. The molecule has 1 heterocycles. The zero-order valence-corrected chi connectivity index (χ0v) is 12.9. The quantitative estimate of drug-likeness (QED) is 0.798. The van der Waals surface area contributed by atoms with Crippen molar-refractivity contribution in [2.75, 3.05) is 13.6 Å². The molecule has 112 valence electrons. The molecular weight excluding hydrogens is 304 g/mol. The van der Waals surface area contributed by atoms with E-state index in [1.54, 1.807) is 14.0 Å². The number of carboxylic acids is 1. The maximum absolute atomic E-state index is 12.0. The predicted octanol–water partition coefficient (Wildman–Crippen LogP) is 0.591. The molecule has 7 nitrogen and oxygen atoms in total. The van der Waals surface area contributed by atoms with Gasteiger partial charge in [0.2, 0.25) is 5.91 Å². The lowest BCUT2D eigenvalue weighted by atomic mass is 10.3. The molecule has 1 amide bonds. The number of nitrogens with one attached hydrogen (secondary N) is 1. The second kappa shape index (κ2) is 6.33. The average molecular weight is 320 g/mol. The molecule has 0 aliphatic carbocycles. The molecule has 0 fully saturated rings. The van der Waals surface area contributed by atoms with Gasteiger partial charge >= 0.3 is 5.97 Å². The molecule has 0 radical (unpaired) electrons. The van der Waals surface area contributed by atoms with Crippen molar-refractivity contribution >= 4 is 33.2 Å². The lowest BCUT2D eigenvalue weighted by Gasteiger charge is -2.20. The van der Waals surface area contributed by atoms with Crippen molar-refractivity contribution in [3.63, 3.8) is 0 Å². The van der Waals surface area contributed by atoms with Crippen molar-refractivity contribution in [3.8, 4) is 0 Å². The summed E-state index contributed by atoms with van der Waals surface area (Å²) in [6.07, 6.45) is 0. The molecule has 0 bridgehead atoms. The number of hydrogen-bond donors (Lipinski definition) is 2. The largest absolute Gasteiger partial charge is 0.478 e. The molecule has 1 atom stereocenters. The van der Waals surface area contributed by atoms with Gasteiger partial charge in [0.05, 0.1) is 11.6 Å². The Labute approximate surface area is 121 Å². The number of likely N-dealkylation sites (N-methyl/N-ethyl adjacent to an activating group) is 1. The van der Waals surface area contributed by atoms with E-state index in [9.17, 15) is 18.0 Å². The number of carbonyl (C=O) groups is 2. The van der Waals surface area contributed by atoms with Gasteiger partial charge < -0.3 is 10.0 Å². The predicted molar refractivity (Wildman–Crippen MR) is 74.4 cm³/mol. The van der Waals surface area contributed by atoms with Gasteiger partial charge in [0.15, 0.2) is 0 Å². The highest BCUT2D eigenvalue weighted by Crippen LogP contribution is 2.20. The normalized spacial score (nSPS) is 12.9. The van der Waals surface area contributed by atoms with E-state index in [0.29, 0.717) is 6.54 Å². The van der Waals surface area contributed by atoms with Crippen molar-refractivity contribution in [1.29, 1.82) is 0 Å². The summed E-state index contributed by atoms with van der Waals surface area (Å²) in [6.45, 7) is 3.68. The van der Waals surface area contributed by atoms with Gasteiger partial charge in [-0.2, -0.15) is 4.72 Å². The average Bonchev–Trinajstić information content (AvgIpc) is 2.86. The van der Waals surface area contributed by atoms with Gasteiger partial charge in [-0.05, 0) is 19.9 Å². The third-order valence-electron chi connectivity index (χ3n) is 2.64. The fourth-order valence-corrected chi connectivity index (χ4v) is 3.76. The number of thiophene rings is 1. The summed E-state index contributed by atoms with van der Waals surface area (Å²) in [5.74, 6) is -1.55. The van der Waals surface area contributed by atoms with Crippen LogP contribution in [0.5, 0.6) is 0 Å². The number of carboxylic acid groups (broad SMARTS) is 1. The Kier molecular flexibility index (Phi) is 5.26. The summed E-state index contributed by atoms with van der Waals surface area (Å²) in [5.41, 5.74) is -0.0972. The van der Waals surface area contributed by atoms with Gasteiger partial charge in [0.25, 0.3) is 10.0 Å². The van der Waals surface area contributed by atoms with Crippen LogP contribution in [0.3, 0.4) is 0 Å². The first-order valence-corrected chi connectivity index (χ1v) is 8.14. The van der Waals surface area contributed by atoms with Crippen LogP contribution in [0.15, 0.2) is 15.7 Å². The van der Waals surface area contributed by atoms with Crippen LogP contribution in [0, 0.1) is 0 Å². The summed E-state index contributed by atoms with van der Waals surface area (Å²) < 4.78 is 26.2. The van der Waals surface area contributed by atoms with Crippen LogP contribution >= 0.6 is 11.3 Å². The number of hydrogen-bond acceptors (Lipinski definition) is 5. The Bertz CT molecular complexity index is 608. The van der Waals surface area contributed by atoms with E-state index in [1.807, 2.05) is 0 Å². The monoisotopic (exact) mass is 320 g/mol. The summed E-state index contributed by atoms with van der Waals surface area (Å²) in [6, 6.07) is 0.149. The third kappa shape index (κ3) is 3.78. The zero-order valence-electron chi connectivity index (χ0n) is 11.3. The Balaban J connectivity index is 2.89. The van der Waals surface area contributed by atoms with E-state index in [0.717, 1.165) is 17.4 Å². The van der Waals surface area contributed by atoms with Crippen LogP contribution in [-0.2, 0) is 14.8 Å². The second-order valence-corrected chi connectivity index (χ2v) is 7.01. The highest BCUT2D eigenvalue weighted by molar-refractivity contribution is 7.91. The summed E-state index contributed by atoms with van der Waals surface area (Å²) in [4.78, 5) is 23.9. The first-order chi connectivity index (χ1) is 9.19. The summed E-state index contributed by atoms with van der Waals surface area (Å²) >= 11 is 0.796. The Hall–Kier alpha value is -1.45. The van der Waals surface area contributed by atoms with Gasteiger partial charge in [-0.25, -0.2) is 13.2 Å². The SMILES string of the molecule is CCN(C)C(=O)C(C)NS(=O)(=O)c1cc(C(=O)O)cs1. The van der Waals surface area contributed by atoms with Crippen LogP contribution in [0.25, 0.3) is 0 Å². The van der Waals surface area contributed by atoms with Gasteiger partial charge in [-0.1, -0.05) is 0 Å². The molecule has 2 N–H and O–H groups in total. The Morgan fingerprint density at radius 3 is 2.55 bits per heavy atom. The molecule has 0 aliphatic heterocycles. The minimum absolute atomic E-state index is 0.0972. The van der Waals surface area contributed by atoms with Crippen molar-refractivity contribution < 1.29 is 23.1 Å². The second-order valence-electron chi connectivity index (χ2n) is 4.15. The van der Waals surface area contributed by atoms with Crippen LogP contribution in [-0.4, -0.2) is 49.9 Å². The molecule has 1 aromatic rings. The third-order valence-corrected chi connectivity index (χ3v) is 5.62. The number of sulfonamides is 1. The van der Waals surface area contributed by atoms with E-state index >= 15 is 0 Å². The molecule has 0 aliphatic rings. The molecule has 20 heavy (non-hydrogen) atoms. The first kappa shape index (κ1) is 16.6. The van der Waals surface area contributed by atoms with Gasteiger partial charge in [0.1, 0.15) is 4.21 Å². The van der Waals surface area contributed by atoms with Crippen LogP contribution in [0.4, 0.5) is 0 Å². The maximum atomic E-state index is 12.0. The lowest BCUT2D eigenvalue weighted by Crippen LogP contribution is -2.45. The highest BCUT2D eigenvalue weighted by atomic mass is 32.2. The summed E-state index contributed by atoms with van der Waals surface area (Å²) in [7, 11) is -2.33. The molecule has 1 aromatic heterocycles. The van der Waals surface area contributed by atoms with E-state index in [4.69, 9.17) is 5.11 Å². The number of carbonyl (C=O) groups excluding carboxylic acids is 1. The smallest absolute Gasteiger partial charge is 0.336 e. The van der Waals surface area contributed by atoms with E-state index in [1.165, 1.54) is 17.2 Å². The molecule has 0 spiro atoms. The first-order valence-electron chi connectivity index (χ1n) is 5.78. The molecule has 1 unspecified atom stereocenters. The molecule has 1 rings (SSSR count). The van der Waals surface area contributed by atoms with Crippen LogP contribution in [0.1, 0.15) is 24.2 Å². The van der Waals surface area contributed by atoms with Gasteiger partial charge in [0, 0.05) is 19.0 Å². The van der Waals surface area contributed by atoms with Gasteiger partial charge in [-0.15, -0.1) is 11.3 Å². The fourth-order valence-electron chi connectivity index (χ4n) is 1.40. The van der Waals surface area contributed by atoms with Crippen molar-refractivity contribution in [2.45, 2.75) is 24.1 Å². The fraction of sp³-hybridized carbons (Fsp3) is 0.455. The number of aromatic carboxylic acids is 1. The van der Waals surface area contributed by atoms with Crippen LogP contribution in [0.2, 0.25) is 0 Å². The van der Waals surface area contributed by atoms with E-state index < -0.39 is 22.0 Å². The molecule has 9 heteroatoms. The molecule has 0 aromatic carbocycles. The van der Waals surface area contributed by atoms with Crippen molar-refractivity contribution in [2.24, 2.45) is 0 Å². The van der Waals surface area contributed by atoms with Crippen LogP contribution < -0.4 is 4.72 Å². The number of nitrogens with zero attached hydrogens (tertiary/aromatic N) is 1. The van der Waals surface area contributed by atoms with Crippen molar-refractivity contribution in [3.05, 3.63) is 17.0 Å². The maximum Gasteiger partial charge on any atom is 0.336 e. The van der Waals surface area contributed by atoms with Crippen molar-refractivity contribution in [1.82, 2.24) is 9.62 Å². The lowest BCUT2D eigenvalue weighted by molar-refractivity contribution is -0.131. The minimum atomic E-state index is -3.90.